The maximum Gasteiger partial charge on any atom is 0.0459 e. The van der Waals surface area contributed by atoms with Crippen molar-refractivity contribution in [3.8, 4) is 0 Å². The van der Waals surface area contributed by atoms with Crippen molar-refractivity contribution < 1.29 is 0 Å². The van der Waals surface area contributed by atoms with E-state index in [9.17, 15) is 0 Å². The highest BCUT2D eigenvalue weighted by Crippen LogP contribution is 2.29. The van der Waals surface area contributed by atoms with Gasteiger partial charge >= 0.3 is 0 Å². The molecule has 2 aromatic rings. The lowest BCUT2D eigenvalue weighted by Gasteiger charge is -2.18. The molecule has 1 aromatic heterocycles. The first-order chi connectivity index (χ1) is 8.22. The van der Waals surface area contributed by atoms with Crippen LogP contribution in [0, 0.1) is 5.92 Å². The van der Waals surface area contributed by atoms with E-state index in [-0.39, 0.29) is 6.04 Å². The molecule has 1 heterocycles. The van der Waals surface area contributed by atoms with Crippen LogP contribution in [-0.2, 0) is 0 Å². The Morgan fingerprint density at radius 2 is 2.06 bits per heavy atom. The predicted molar refractivity (Wildman–Crippen MR) is 76.5 cm³/mol. The SMILES string of the molecule is CC(C)CNC(CN)c1csc2ccccc12. The second-order valence-corrected chi connectivity index (χ2v) is 5.69. The molecule has 0 spiro atoms. The van der Waals surface area contributed by atoms with Gasteiger partial charge in [-0.15, -0.1) is 11.3 Å². The number of thiophene rings is 1. The molecule has 0 aliphatic carbocycles. The quantitative estimate of drug-likeness (QED) is 0.853. The van der Waals surface area contributed by atoms with Crippen LogP contribution in [0.1, 0.15) is 25.5 Å². The van der Waals surface area contributed by atoms with Gasteiger partial charge in [0.25, 0.3) is 0 Å². The van der Waals surface area contributed by atoms with Gasteiger partial charge in [-0.3, -0.25) is 0 Å². The molecule has 0 amide bonds. The van der Waals surface area contributed by atoms with Gasteiger partial charge in [0.15, 0.2) is 0 Å². The van der Waals surface area contributed by atoms with Gasteiger partial charge in [-0.1, -0.05) is 32.0 Å². The summed E-state index contributed by atoms with van der Waals surface area (Å²) in [6.45, 7) is 6.08. The third kappa shape index (κ3) is 2.86. The maximum absolute atomic E-state index is 5.88. The van der Waals surface area contributed by atoms with Crippen molar-refractivity contribution in [3.05, 3.63) is 35.2 Å². The van der Waals surface area contributed by atoms with Crippen LogP contribution in [0.5, 0.6) is 0 Å². The minimum absolute atomic E-state index is 0.272. The topological polar surface area (TPSA) is 38.0 Å². The van der Waals surface area contributed by atoms with Crippen LogP contribution in [-0.4, -0.2) is 13.1 Å². The van der Waals surface area contributed by atoms with Crippen LogP contribution >= 0.6 is 11.3 Å². The molecular formula is C14H20N2S. The number of nitrogens with two attached hydrogens (primary N) is 1. The summed E-state index contributed by atoms with van der Waals surface area (Å²) in [6, 6.07) is 8.80. The van der Waals surface area contributed by atoms with Crippen LogP contribution in [0.4, 0.5) is 0 Å². The van der Waals surface area contributed by atoms with Crippen LogP contribution in [0.25, 0.3) is 10.1 Å². The molecule has 0 saturated carbocycles. The third-order valence-corrected chi connectivity index (χ3v) is 3.88. The van der Waals surface area contributed by atoms with Crippen molar-refractivity contribution in [1.82, 2.24) is 5.32 Å². The van der Waals surface area contributed by atoms with Crippen molar-refractivity contribution in [3.63, 3.8) is 0 Å². The fraction of sp³-hybridized carbons (Fsp3) is 0.429. The Balaban J connectivity index is 2.24. The number of nitrogens with one attached hydrogen (secondary N) is 1. The highest BCUT2D eigenvalue weighted by molar-refractivity contribution is 7.17. The number of hydrogen-bond acceptors (Lipinski definition) is 3. The first kappa shape index (κ1) is 12.6. The van der Waals surface area contributed by atoms with Crippen LogP contribution in [0.2, 0.25) is 0 Å². The van der Waals surface area contributed by atoms with Gasteiger partial charge in [0.2, 0.25) is 0 Å². The number of hydrogen-bond donors (Lipinski definition) is 2. The Hall–Kier alpha value is -0.900. The molecule has 0 bridgehead atoms. The molecule has 1 unspecified atom stereocenters. The molecule has 92 valence electrons. The summed E-state index contributed by atoms with van der Waals surface area (Å²) in [5, 5.41) is 7.11. The second kappa shape index (κ2) is 5.63. The first-order valence-electron chi connectivity index (χ1n) is 6.12. The van der Waals surface area contributed by atoms with Gasteiger partial charge in [0, 0.05) is 17.3 Å². The van der Waals surface area contributed by atoms with Gasteiger partial charge in [-0.05, 0) is 34.9 Å². The molecule has 1 aromatic carbocycles. The minimum Gasteiger partial charge on any atom is -0.329 e. The number of benzene rings is 1. The summed E-state index contributed by atoms with van der Waals surface area (Å²) in [5.74, 6) is 0.647. The fourth-order valence-corrected chi connectivity index (χ4v) is 2.98. The lowest BCUT2D eigenvalue weighted by molar-refractivity contribution is 0.481. The van der Waals surface area contributed by atoms with E-state index in [2.05, 4.69) is 48.8 Å². The van der Waals surface area contributed by atoms with E-state index < -0.39 is 0 Å². The van der Waals surface area contributed by atoms with E-state index in [4.69, 9.17) is 5.73 Å². The standard InChI is InChI=1S/C14H20N2S/c1-10(2)8-16-13(7-15)12-9-17-14-6-4-3-5-11(12)14/h3-6,9-10,13,16H,7-8,15H2,1-2H3. The molecule has 3 heteroatoms. The van der Waals surface area contributed by atoms with Gasteiger partial charge in [0.1, 0.15) is 0 Å². The van der Waals surface area contributed by atoms with Crippen molar-refractivity contribution in [1.29, 1.82) is 0 Å². The number of fused-ring (bicyclic) bond motifs is 1. The van der Waals surface area contributed by atoms with Gasteiger partial charge < -0.3 is 11.1 Å². The summed E-state index contributed by atoms with van der Waals surface area (Å²) in [7, 11) is 0. The van der Waals surface area contributed by atoms with Crippen LogP contribution in [0.15, 0.2) is 29.6 Å². The molecule has 1 atom stereocenters. The smallest absolute Gasteiger partial charge is 0.0459 e. The molecule has 0 aliphatic heterocycles. The molecule has 2 nitrogen and oxygen atoms in total. The zero-order chi connectivity index (χ0) is 12.3. The van der Waals surface area contributed by atoms with Crippen molar-refractivity contribution in [2.45, 2.75) is 19.9 Å². The average Bonchev–Trinajstić information content (AvgIpc) is 2.74. The lowest BCUT2D eigenvalue weighted by Crippen LogP contribution is -2.30. The van der Waals surface area contributed by atoms with E-state index in [1.807, 2.05) is 0 Å². The zero-order valence-corrected chi connectivity index (χ0v) is 11.3. The minimum atomic E-state index is 0.272. The van der Waals surface area contributed by atoms with E-state index in [0.717, 1.165) is 6.54 Å². The first-order valence-corrected chi connectivity index (χ1v) is 7.00. The second-order valence-electron chi connectivity index (χ2n) is 4.78. The zero-order valence-electron chi connectivity index (χ0n) is 10.4. The van der Waals surface area contributed by atoms with Crippen LogP contribution in [0.3, 0.4) is 0 Å². The Morgan fingerprint density at radius 1 is 1.29 bits per heavy atom. The Labute approximate surface area is 107 Å². The van der Waals surface area contributed by atoms with Crippen molar-refractivity contribution >= 4 is 21.4 Å². The van der Waals surface area contributed by atoms with Gasteiger partial charge in [0.05, 0.1) is 0 Å². The predicted octanol–water partition coefficient (Wildman–Crippen LogP) is 3.15. The molecule has 2 rings (SSSR count). The van der Waals surface area contributed by atoms with Gasteiger partial charge in [-0.2, -0.15) is 0 Å². The van der Waals surface area contributed by atoms with E-state index in [0.29, 0.717) is 12.5 Å². The molecule has 0 aliphatic rings. The van der Waals surface area contributed by atoms with E-state index >= 15 is 0 Å². The van der Waals surface area contributed by atoms with Crippen molar-refractivity contribution in [2.75, 3.05) is 13.1 Å². The highest BCUT2D eigenvalue weighted by atomic mass is 32.1. The monoisotopic (exact) mass is 248 g/mol. The molecular weight excluding hydrogens is 228 g/mol. The fourth-order valence-electron chi connectivity index (χ4n) is 1.97. The molecule has 17 heavy (non-hydrogen) atoms. The molecule has 0 radical (unpaired) electrons. The molecule has 0 fully saturated rings. The Bertz CT molecular complexity index is 476. The van der Waals surface area contributed by atoms with E-state index in [1.54, 1.807) is 11.3 Å². The average molecular weight is 248 g/mol. The summed E-state index contributed by atoms with van der Waals surface area (Å²) < 4.78 is 1.34. The summed E-state index contributed by atoms with van der Waals surface area (Å²) in [5.41, 5.74) is 7.22. The molecule has 0 saturated heterocycles. The summed E-state index contributed by atoms with van der Waals surface area (Å²) >= 11 is 1.80. The summed E-state index contributed by atoms with van der Waals surface area (Å²) in [4.78, 5) is 0. The normalized spacial score (nSPS) is 13.4. The maximum atomic E-state index is 5.88. The lowest BCUT2D eigenvalue weighted by atomic mass is 10.1. The molecule has 3 N–H and O–H groups in total. The Morgan fingerprint density at radius 3 is 2.76 bits per heavy atom. The van der Waals surface area contributed by atoms with Crippen LogP contribution < -0.4 is 11.1 Å². The van der Waals surface area contributed by atoms with Crippen molar-refractivity contribution in [2.24, 2.45) is 11.7 Å². The number of rotatable bonds is 5. The summed E-state index contributed by atoms with van der Waals surface area (Å²) in [6.07, 6.45) is 0. The highest BCUT2D eigenvalue weighted by Gasteiger charge is 2.13. The third-order valence-electron chi connectivity index (χ3n) is 2.89. The Kier molecular flexibility index (Phi) is 4.15. The van der Waals surface area contributed by atoms with E-state index in [1.165, 1.54) is 15.6 Å². The largest absolute Gasteiger partial charge is 0.329 e. The van der Waals surface area contributed by atoms with Gasteiger partial charge in [-0.25, -0.2) is 0 Å².